The molecule has 1 aliphatic rings. The topological polar surface area (TPSA) is 93.6 Å². The van der Waals surface area contributed by atoms with E-state index in [1.54, 1.807) is 41.3 Å². The van der Waals surface area contributed by atoms with Gasteiger partial charge in [0.15, 0.2) is 11.5 Å². The van der Waals surface area contributed by atoms with Crippen LogP contribution in [-0.4, -0.2) is 34.3 Å². The number of rotatable bonds is 4. The summed E-state index contributed by atoms with van der Waals surface area (Å²) in [5, 5.41) is 10.7. The Balaban J connectivity index is 1.47. The molecular formula is C23H17N3O4S. The number of amides is 1. The van der Waals surface area contributed by atoms with E-state index >= 15 is 0 Å². The van der Waals surface area contributed by atoms with Crippen molar-refractivity contribution in [1.82, 2.24) is 15.4 Å². The monoisotopic (exact) mass is 431 g/mol. The third kappa shape index (κ3) is 3.74. The average Bonchev–Trinajstić information content (AvgIpc) is 3.28. The lowest BCUT2D eigenvalue weighted by Gasteiger charge is -2.16. The molecule has 2 N–H and O–H groups in total. The molecule has 0 saturated carbocycles. The Morgan fingerprint density at radius 3 is 2.32 bits per heavy atom. The SMILES string of the molecule is O=C(NO)c1ccc(-c2ccnc(-c3cc(-c4scc5c4OCCO5)ccn3)c2)cc1. The lowest BCUT2D eigenvalue weighted by Crippen LogP contribution is -2.18. The number of hydroxylamine groups is 1. The summed E-state index contributed by atoms with van der Waals surface area (Å²) in [6, 6.07) is 14.7. The average molecular weight is 431 g/mol. The van der Waals surface area contributed by atoms with E-state index in [1.807, 2.05) is 41.8 Å². The quantitative estimate of drug-likeness (QED) is 0.367. The third-order valence-corrected chi connectivity index (χ3v) is 5.92. The van der Waals surface area contributed by atoms with Crippen molar-refractivity contribution in [3.05, 3.63) is 71.9 Å². The van der Waals surface area contributed by atoms with Crippen LogP contribution in [0.2, 0.25) is 0 Å². The number of nitrogens with one attached hydrogen (secondary N) is 1. The van der Waals surface area contributed by atoms with E-state index in [2.05, 4.69) is 9.97 Å². The largest absolute Gasteiger partial charge is 0.485 e. The van der Waals surface area contributed by atoms with Crippen LogP contribution in [0.15, 0.2) is 66.3 Å². The van der Waals surface area contributed by atoms with Gasteiger partial charge in [-0.1, -0.05) is 12.1 Å². The number of nitrogens with zero attached hydrogens (tertiary/aromatic N) is 2. The highest BCUT2D eigenvalue weighted by Crippen LogP contribution is 2.45. The standard InChI is InChI=1S/C23H17N3O4S/c27-23(26-28)15-3-1-14(2-4-15)16-5-7-24-18(11-16)19-12-17(6-8-25-19)22-21-20(13-31-22)29-9-10-30-21/h1-8,11-13,28H,9-10H2,(H,26,27). The molecule has 1 amide bonds. The maximum Gasteiger partial charge on any atom is 0.274 e. The fraction of sp³-hybridized carbons (Fsp3) is 0.0870. The molecule has 0 bridgehead atoms. The minimum Gasteiger partial charge on any atom is -0.485 e. The van der Waals surface area contributed by atoms with Crippen molar-refractivity contribution in [1.29, 1.82) is 0 Å². The van der Waals surface area contributed by atoms with Gasteiger partial charge in [0.05, 0.1) is 16.3 Å². The van der Waals surface area contributed by atoms with Crippen molar-refractivity contribution in [2.24, 2.45) is 0 Å². The minimum absolute atomic E-state index is 0.375. The van der Waals surface area contributed by atoms with E-state index in [9.17, 15) is 4.79 Å². The molecule has 0 spiro atoms. The molecule has 31 heavy (non-hydrogen) atoms. The second-order valence-electron chi connectivity index (χ2n) is 6.83. The van der Waals surface area contributed by atoms with Crippen LogP contribution in [0.5, 0.6) is 11.5 Å². The number of hydrogen-bond acceptors (Lipinski definition) is 7. The number of carbonyl (C=O) groups is 1. The molecule has 0 saturated heterocycles. The predicted molar refractivity (Wildman–Crippen MR) is 116 cm³/mol. The summed E-state index contributed by atoms with van der Waals surface area (Å²) in [6.07, 6.45) is 3.49. The summed E-state index contributed by atoms with van der Waals surface area (Å²) in [6.45, 7) is 1.10. The molecule has 0 fully saturated rings. The summed E-state index contributed by atoms with van der Waals surface area (Å²) in [7, 11) is 0. The highest BCUT2D eigenvalue weighted by Gasteiger charge is 2.20. The van der Waals surface area contributed by atoms with E-state index in [1.165, 1.54) is 0 Å². The number of fused-ring (bicyclic) bond motifs is 1. The molecule has 154 valence electrons. The first-order chi connectivity index (χ1) is 15.2. The van der Waals surface area contributed by atoms with E-state index in [4.69, 9.17) is 14.7 Å². The van der Waals surface area contributed by atoms with Crippen LogP contribution in [0.4, 0.5) is 0 Å². The molecule has 8 heteroatoms. The molecule has 0 radical (unpaired) electrons. The number of thiophene rings is 1. The van der Waals surface area contributed by atoms with E-state index in [0.717, 1.165) is 44.5 Å². The van der Waals surface area contributed by atoms with Gasteiger partial charge in [0.25, 0.3) is 5.91 Å². The third-order valence-electron chi connectivity index (χ3n) is 4.93. The van der Waals surface area contributed by atoms with Gasteiger partial charge in [-0.15, -0.1) is 11.3 Å². The van der Waals surface area contributed by atoms with Gasteiger partial charge in [-0.3, -0.25) is 20.0 Å². The van der Waals surface area contributed by atoms with Crippen LogP contribution >= 0.6 is 11.3 Å². The van der Waals surface area contributed by atoms with Gasteiger partial charge >= 0.3 is 0 Å². The Hall–Kier alpha value is -3.75. The second-order valence-corrected chi connectivity index (χ2v) is 7.71. The Kier molecular flexibility index (Phi) is 5.07. The first-order valence-corrected chi connectivity index (χ1v) is 10.5. The molecule has 4 aromatic rings. The van der Waals surface area contributed by atoms with Crippen molar-refractivity contribution in [3.63, 3.8) is 0 Å². The van der Waals surface area contributed by atoms with Crippen LogP contribution in [0.3, 0.4) is 0 Å². The summed E-state index contributed by atoms with van der Waals surface area (Å²) < 4.78 is 11.5. The molecule has 4 heterocycles. The summed E-state index contributed by atoms with van der Waals surface area (Å²) >= 11 is 1.58. The van der Waals surface area contributed by atoms with Crippen molar-refractivity contribution in [2.45, 2.75) is 0 Å². The van der Waals surface area contributed by atoms with Crippen molar-refractivity contribution >= 4 is 17.2 Å². The highest BCUT2D eigenvalue weighted by atomic mass is 32.1. The maximum atomic E-state index is 11.5. The summed E-state index contributed by atoms with van der Waals surface area (Å²) in [5.41, 5.74) is 6.35. The van der Waals surface area contributed by atoms with Gasteiger partial charge in [-0.05, 0) is 53.1 Å². The predicted octanol–water partition coefficient (Wildman–Crippen LogP) is 4.43. The smallest absolute Gasteiger partial charge is 0.274 e. The van der Waals surface area contributed by atoms with Gasteiger partial charge < -0.3 is 9.47 Å². The number of benzene rings is 1. The number of ether oxygens (including phenoxy) is 2. The lowest BCUT2D eigenvalue weighted by molar-refractivity contribution is 0.0706. The van der Waals surface area contributed by atoms with Crippen LogP contribution in [0.1, 0.15) is 10.4 Å². The lowest BCUT2D eigenvalue weighted by atomic mass is 10.0. The van der Waals surface area contributed by atoms with Crippen LogP contribution in [0, 0.1) is 0 Å². The van der Waals surface area contributed by atoms with Crippen molar-refractivity contribution in [2.75, 3.05) is 13.2 Å². The Morgan fingerprint density at radius 2 is 1.58 bits per heavy atom. The van der Waals surface area contributed by atoms with Crippen LogP contribution in [-0.2, 0) is 0 Å². The van der Waals surface area contributed by atoms with Crippen molar-refractivity contribution in [3.8, 4) is 44.5 Å². The zero-order chi connectivity index (χ0) is 21.2. The van der Waals surface area contributed by atoms with E-state index < -0.39 is 5.91 Å². The second kappa shape index (κ2) is 8.17. The number of carbonyl (C=O) groups excluding carboxylic acids is 1. The fourth-order valence-electron chi connectivity index (χ4n) is 3.40. The van der Waals surface area contributed by atoms with E-state index in [0.29, 0.717) is 18.8 Å². The molecule has 1 aromatic carbocycles. The number of aromatic nitrogens is 2. The van der Waals surface area contributed by atoms with Crippen LogP contribution in [0.25, 0.3) is 33.0 Å². The number of pyridine rings is 2. The Bertz CT molecular complexity index is 1250. The molecule has 3 aromatic heterocycles. The van der Waals surface area contributed by atoms with Gasteiger partial charge in [0, 0.05) is 23.3 Å². The molecule has 7 nitrogen and oxygen atoms in total. The van der Waals surface area contributed by atoms with Crippen LogP contribution < -0.4 is 15.0 Å². The van der Waals surface area contributed by atoms with Gasteiger partial charge in [0.1, 0.15) is 13.2 Å². The van der Waals surface area contributed by atoms with Gasteiger partial charge in [-0.2, -0.15) is 0 Å². The first-order valence-electron chi connectivity index (χ1n) is 9.58. The highest BCUT2D eigenvalue weighted by molar-refractivity contribution is 7.14. The van der Waals surface area contributed by atoms with Gasteiger partial charge in [0.2, 0.25) is 0 Å². The zero-order valence-electron chi connectivity index (χ0n) is 16.2. The van der Waals surface area contributed by atoms with E-state index in [-0.39, 0.29) is 0 Å². The fourth-order valence-corrected chi connectivity index (χ4v) is 4.33. The first kappa shape index (κ1) is 19.2. The molecule has 0 unspecified atom stereocenters. The molecule has 0 aliphatic carbocycles. The minimum atomic E-state index is -0.548. The molecule has 1 aliphatic heterocycles. The Labute approximate surface area is 181 Å². The molecule has 0 atom stereocenters. The summed E-state index contributed by atoms with van der Waals surface area (Å²) in [4.78, 5) is 21.5. The molecule has 5 rings (SSSR count). The molecular weight excluding hydrogens is 414 g/mol. The zero-order valence-corrected chi connectivity index (χ0v) is 17.1. The van der Waals surface area contributed by atoms with Crippen molar-refractivity contribution < 1.29 is 19.5 Å². The van der Waals surface area contributed by atoms with Gasteiger partial charge in [-0.25, -0.2) is 5.48 Å². The summed E-state index contributed by atoms with van der Waals surface area (Å²) in [5.74, 6) is 1.01. The maximum absolute atomic E-state index is 11.5. The normalized spacial score (nSPS) is 12.4. The Morgan fingerprint density at radius 1 is 0.903 bits per heavy atom. The number of hydrogen-bond donors (Lipinski definition) is 2.